The summed E-state index contributed by atoms with van der Waals surface area (Å²) >= 11 is 0. The highest BCUT2D eigenvalue weighted by Gasteiger charge is 2.29. The van der Waals surface area contributed by atoms with Crippen molar-refractivity contribution in [2.75, 3.05) is 12.9 Å². The second-order valence-electron chi connectivity index (χ2n) is 5.08. The van der Waals surface area contributed by atoms with Crippen LogP contribution >= 0.6 is 0 Å². The minimum Gasteiger partial charge on any atom is -0.483 e. The van der Waals surface area contributed by atoms with Gasteiger partial charge < -0.3 is 9.47 Å². The maximum atomic E-state index is 12.3. The second kappa shape index (κ2) is 8.65. The lowest BCUT2D eigenvalue weighted by atomic mass is 10.1. The molecule has 26 heavy (non-hydrogen) atoms. The summed E-state index contributed by atoms with van der Waals surface area (Å²) in [6.45, 7) is -1.43. The average molecular weight is 388 g/mol. The van der Waals surface area contributed by atoms with E-state index in [4.69, 9.17) is 4.74 Å². The number of rotatable bonds is 7. The number of nitrogens with one attached hydrogen (secondary N) is 1. The summed E-state index contributed by atoms with van der Waals surface area (Å²) in [5.41, 5.74) is 0.990. The highest BCUT2D eigenvalue weighted by atomic mass is 32.2. The molecule has 6 nitrogen and oxygen atoms in total. The SMILES string of the molecule is CS(=O)NC(=O)c1ccc(COc2cccnc2OCC(F)(F)F)cc1. The first-order valence-corrected chi connectivity index (χ1v) is 8.81. The third kappa shape index (κ3) is 6.36. The van der Waals surface area contributed by atoms with Crippen LogP contribution in [0.4, 0.5) is 13.2 Å². The number of ether oxygens (including phenoxy) is 2. The first-order chi connectivity index (χ1) is 12.2. The predicted octanol–water partition coefficient (Wildman–Crippen LogP) is 2.63. The summed E-state index contributed by atoms with van der Waals surface area (Å²) in [5, 5.41) is 0. The fraction of sp³-hybridized carbons (Fsp3) is 0.250. The summed E-state index contributed by atoms with van der Waals surface area (Å²) < 4.78 is 60.1. The number of benzene rings is 1. The summed E-state index contributed by atoms with van der Waals surface area (Å²) in [6.07, 6.45) is -1.84. The fourth-order valence-corrected chi connectivity index (χ4v) is 2.23. The van der Waals surface area contributed by atoms with Crippen LogP contribution in [0.1, 0.15) is 15.9 Å². The van der Waals surface area contributed by atoms with E-state index in [1.54, 1.807) is 12.1 Å². The highest BCUT2D eigenvalue weighted by molar-refractivity contribution is 7.82. The van der Waals surface area contributed by atoms with E-state index in [1.165, 1.54) is 36.7 Å². The summed E-state index contributed by atoms with van der Waals surface area (Å²) in [5.74, 6) is -0.667. The van der Waals surface area contributed by atoms with Crippen molar-refractivity contribution in [3.05, 3.63) is 53.7 Å². The number of hydrogen-bond donors (Lipinski definition) is 1. The Morgan fingerprint density at radius 1 is 1.19 bits per heavy atom. The van der Waals surface area contributed by atoms with Gasteiger partial charge in [0.25, 0.3) is 11.8 Å². The lowest BCUT2D eigenvalue weighted by Gasteiger charge is -2.13. The summed E-state index contributed by atoms with van der Waals surface area (Å²) in [4.78, 5) is 15.4. The molecule has 1 amide bonds. The molecule has 0 spiro atoms. The van der Waals surface area contributed by atoms with E-state index < -0.39 is 29.7 Å². The van der Waals surface area contributed by atoms with E-state index in [0.717, 1.165) is 0 Å². The molecule has 0 saturated carbocycles. The molecule has 1 aromatic carbocycles. The van der Waals surface area contributed by atoms with Crippen LogP contribution in [0, 0.1) is 0 Å². The van der Waals surface area contributed by atoms with E-state index in [2.05, 4.69) is 14.4 Å². The van der Waals surface area contributed by atoms with E-state index in [9.17, 15) is 22.2 Å². The van der Waals surface area contributed by atoms with Gasteiger partial charge in [-0.2, -0.15) is 13.2 Å². The number of carbonyl (C=O) groups excluding carboxylic acids is 1. The van der Waals surface area contributed by atoms with Crippen molar-refractivity contribution in [1.82, 2.24) is 9.71 Å². The first-order valence-electron chi connectivity index (χ1n) is 7.25. The molecule has 2 aromatic rings. The zero-order valence-corrected chi connectivity index (χ0v) is 14.4. The number of alkyl halides is 3. The lowest BCUT2D eigenvalue weighted by Crippen LogP contribution is -2.24. The van der Waals surface area contributed by atoms with Crippen molar-refractivity contribution >= 4 is 16.9 Å². The molecule has 0 bridgehead atoms. The van der Waals surface area contributed by atoms with Gasteiger partial charge in [0.05, 0.1) is 0 Å². The minimum absolute atomic E-state index is 0.0374. The van der Waals surface area contributed by atoms with Crippen molar-refractivity contribution in [3.8, 4) is 11.6 Å². The Bertz CT molecular complexity index is 782. The normalized spacial score (nSPS) is 12.3. The summed E-state index contributed by atoms with van der Waals surface area (Å²) in [7, 11) is -1.47. The van der Waals surface area contributed by atoms with Gasteiger partial charge in [0.1, 0.15) is 17.6 Å². The zero-order valence-electron chi connectivity index (χ0n) is 13.6. The Hall–Kier alpha value is -2.62. The van der Waals surface area contributed by atoms with Gasteiger partial charge in [0.15, 0.2) is 12.4 Å². The summed E-state index contributed by atoms with van der Waals surface area (Å²) in [6, 6.07) is 9.21. The minimum atomic E-state index is -4.48. The Labute approximate surface area is 149 Å². The van der Waals surface area contributed by atoms with Crippen LogP contribution < -0.4 is 14.2 Å². The molecule has 1 unspecified atom stereocenters. The largest absolute Gasteiger partial charge is 0.483 e. The van der Waals surface area contributed by atoms with Crippen molar-refractivity contribution in [2.45, 2.75) is 12.8 Å². The molecule has 1 heterocycles. The molecule has 1 atom stereocenters. The van der Waals surface area contributed by atoms with E-state index in [-0.39, 0.29) is 18.2 Å². The van der Waals surface area contributed by atoms with Gasteiger partial charge in [-0.15, -0.1) is 0 Å². The van der Waals surface area contributed by atoms with Crippen LogP contribution in [0.3, 0.4) is 0 Å². The van der Waals surface area contributed by atoms with Crippen LogP contribution in [-0.2, 0) is 17.6 Å². The standard InChI is InChI=1S/C16H15F3N2O4S/c1-26(23)21-14(22)12-6-4-11(5-7-12)9-24-13-3-2-8-20-15(13)25-10-16(17,18)19/h2-8H,9-10H2,1H3,(H,21,22). The average Bonchev–Trinajstić information content (AvgIpc) is 2.58. The fourth-order valence-electron chi connectivity index (χ4n) is 1.85. The second-order valence-corrected chi connectivity index (χ2v) is 6.19. The van der Waals surface area contributed by atoms with Gasteiger partial charge in [-0.25, -0.2) is 9.19 Å². The van der Waals surface area contributed by atoms with Gasteiger partial charge in [-0.05, 0) is 29.8 Å². The molecule has 140 valence electrons. The maximum absolute atomic E-state index is 12.3. The molecule has 0 aliphatic rings. The Morgan fingerprint density at radius 3 is 2.50 bits per heavy atom. The maximum Gasteiger partial charge on any atom is 0.422 e. The number of halogens is 3. The van der Waals surface area contributed by atoms with E-state index >= 15 is 0 Å². The van der Waals surface area contributed by atoms with Crippen molar-refractivity contribution in [3.63, 3.8) is 0 Å². The van der Waals surface area contributed by atoms with Gasteiger partial charge in [0, 0.05) is 18.0 Å². The van der Waals surface area contributed by atoms with Crippen LogP contribution in [-0.4, -0.2) is 34.1 Å². The van der Waals surface area contributed by atoms with Gasteiger partial charge in [-0.1, -0.05) is 12.1 Å². The molecule has 1 aromatic heterocycles. The predicted molar refractivity (Wildman–Crippen MR) is 88.1 cm³/mol. The molecule has 0 saturated heterocycles. The molecule has 0 radical (unpaired) electrons. The molecule has 0 fully saturated rings. The Kier molecular flexibility index (Phi) is 6.56. The molecule has 0 aliphatic heterocycles. The van der Waals surface area contributed by atoms with E-state index in [0.29, 0.717) is 11.1 Å². The van der Waals surface area contributed by atoms with Crippen LogP contribution in [0.15, 0.2) is 42.6 Å². The lowest BCUT2D eigenvalue weighted by molar-refractivity contribution is -0.154. The molecular weight excluding hydrogens is 373 g/mol. The van der Waals surface area contributed by atoms with Crippen LogP contribution in [0.2, 0.25) is 0 Å². The zero-order chi connectivity index (χ0) is 19.2. The number of aromatic nitrogens is 1. The smallest absolute Gasteiger partial charge is 0.422 e. The number of hydrogen-bond acceptors (Lipinski definition) is 5. The number of nitrogens with zero attached hydrogens (tertiary/aromatic N) is 1. The molecule has 10 heteroatoms. The Balaban J connectivity index is 1.98. The number of amides is 1. The Morgan fingerprint density at radius 2 is 1.88 bits per heavy atom. The topological polar surface area (TPSA) is 77.5 Å². The molecular formula is C16H15F3N2O4S. The van der Waals surface area contributed by atoms with Gasteiger partial charge >= 0.3 is 6.18 Å². The highest BCUT2D eigenvalue weighted by Crippen LogP contribution is 2.26. The molecule has 2 rings (SSSR count). The van der Waals surface area contributed by atoms with Crippen LogP contribution in [0.25, 0.3) is 0 Å². The number of pyridine rings is 1. The molecule has 1 N–H and O–H groups in total. The monoisotopic (exact) mass is 388 g/mol. The van der Waals surface area contributed by atoms with Crippen LogP contribution in [0.5, 0.6) is 11.6 Å². The van der Waals surface area contributed by atoms with Gasteiger partial charge in [0.2, 0.25) is 0 Å². The van der Waals surface area contributed by atoms with Crippen molar-refractivity contribution in [2.24, 2.45) is 0 Å². The van der Waals surface area contributed by atoms with Gasteiger partial charge in [-0.3, -0.25) is 9.52 Å². The van der Waals surface area contributed by atoms with Crippen molar-refractivity contribution < 1.29 is 31.6 Å². The third-order valence-electron chi connectivity index (χ3n) is 2.96. The first kappa shape index (κ1) is 19.7. The van der Waals surface area contributed by atoms with Crippen molar-refractivity contribution in [1.29, 1.82) is 0 Å². The third-order valence-corrected chi connectivity index (χ3v) is 3.43. The molecule has 0 aliphatic carbocycles. The van der Waals surface area contributed by atoms with E-state index in [1.807, 2.05) is 0 Å². The number of carbonyl (C=O) groups is 1. The quantitative estimate of drug-likeness (QED) is 0.789.